The molecule has 9 heteroatoms. The third-order valence-corrected chi connectivity index (χ3v) is 5.69. The molecule has 4 heterocycles. The lowest BCUT2D eigenvalue weighted by atomic mass is 10.3. The Morgan fingerprint density at radius 3 is 2.84 bits per heavy atom. The van der Waals surface area contributed by atoms with E-state index in [0.29, 0.717) is 37.1 Å². The first kappa shape index (κ1) is 16.5. The summed E-state index contributed by atoms with van der Waals surface area (Å²) in [4.78, 5) is 21.7. The van der Waals surface area contributed by atoms with Gasteiger partial charge in [0.25, 0.3) is 5.91 Å². The lowest BCUT2D eigenvalue weighted by molar-refractivity contribution is 0.0585. The number of furan rings is 1. The molecule has 0 radical (unpaired) electrons. The van der Waals surface area contributed by atoms with Gasteiger partial charge in [-0.3, -0.25) is 9.69 Å². The fraction of sp³-hybridized carbons (Fsp3) is 0.312. The minimum Gasteiger partial charge on any atom is -0.459 e. The van der Waals surface area contributed by atoms with E-state index in [0.717, 1.165) is 22.4 Å². The number of rotatable bonds is 4. The van der Waals surface area contributed by atoms with Gasteiger partial charge >= 0.3 is 0 Å². The second-order valence-corrected chi connectivity index (χ2v) is 7.51. The summed E-state index contributed by atoms with van der Waals surface area (Å²) in [7, 11) is 0. The fourth-order valence-electron chi connectivity index (χ4n) is 2.71. The number of hydrogen-bond donors (Lipinski definition) is 0. The first-order valence-corrected chi connectivity index (χ1v) is 9.48. The number of aromatic nitrogens is 2. The van der Waals surface area contributed by atoms with Crippen LogP contribution in [0.25, 0.3) is 10.7 Å². The van der Waals surface area contributed by atoms with Crippen LogP contribution < -0.4 is 0 Å². The van der Waals surface area contributed by atoms with Crippen molar-refractivity contribution >= 4 is 33.2 Å². The van der Waals surface area contributed by atoms with Crippen LogP contribution in [0.2, 0.25) is 0 Å². The van der Waals surface area contributed by atoms with Crippen LogP contribution >= 0.6 is 27.3 Å². The topological polar surface area (TPSA) is 75.6 Å². The van der Waals surface area contributed by atoms with Gasteiger partial charge in [-0.25, -0.2) is 0 Å². The Labute approximate surface area is 156 Å². The number of hydrogen-bond acceptors (Lipinski definition) is 7. The van der Waals surface area contributed by atoms with Gasteiger partial charge < -0.3 is 13.8 Å². The van der Waals surface area contributed by atoms with Crippen LogP contribution in [0.4, 0.5) is 0 Å². The van der Waals surface area contributed by atoms with Crippen molar-refractivity contribution in [3.63, 3.8) is 0 Å². The van der Waals surface area contributed by atoms with Crippen LogP contribution in [-0.2, 0) is 6.54 Å². The SMILES string of the molecule is O=C(c1ccco1)N1CCN(Cc2nc(-c3cc(Br)cs3)no2)CC1. The average molecular weight is 423 g/mol. The van der Waals surface area contributed by atoms with E-state index in [-0.39, 0.29) is 5.91 Å². The molecule has 0 N–H and O–H groups in total. The molecule has 1 aliphatic heterocycles. The second-order valence-electron chi connectivity index (χ2n) is 5.69. The average Bonchev–Trinajstić information content (AvgIpc) is 3.36. The first-order chi connectivity index (χ1) is 12.2. The number of amides is 1. The van der Waals surface area contributed by atoms with Crippen molar-refractivity contribution in [1.29, 1.82) is 0 Å². The lowest BCUT2D eigenvalue weighted by Crippen LogP contribution is -2.48. The summed E-state index contributed by atoms with van der Waals surface area (Å²) in [6.07, 6.45) is 1.52. The van der Waals surface area contributed by atoms with Gasteiger partial charge in [-0.2, -0.15) is 4.98 Å². The standard InChI is InChI=1S/C16H15BrN4O3S/c17-11-8-13(25-10-11)15-18-14(24-19-15)9-20-3-5-21(6-4-20)16(22)12-2-1-7-23-12/h1-2,7-8,10H,3-6,9H2. The maximum absolute atomic E-state index is 12.3. The molecule has 0 atom stereocenters. The molecule has 4 rings (SSSR count). The van der Waals surface area contributed by atoms with Crippen LogP contribution in [0.1, 0.15) is 16.4 Å². The molecule has 1 fully saturated rings. The molecular formula is C16H15BrN4O3S. The van der Waals surface area contributed by atoms with Gasteiger partial charge in [0.1, 0.15) is 0 Å². The van der Waals surface area contributed by atoms with Crippen LogP contribution in [0.3, 0.4) is 0 Å². The van der Waals surface area contributed by atoms with Crippen molar-refractivity contribution in [1.82, 2.24) is 19.9 Å². The van der Waals surface area contributed by atoms with Gasteiger partial charge in [-0.05, 0) is 34.1 Å². The second kappa shape index (κ2) is 7.11. The summed E-state index contributed by atoms with van der Waals surface area (Å²) in [6, 6.07) is 5.39. The zero-order chi connectivity index (χ0) is 17.2. The predicted octanol–water partition coefficient (Wildman–Crippen LogP) is 3.11. The zero-order valence-corrected chi connectivity index (χ0v) is 15.6. The van der Waals surface area contributed by atoms with Gasteiger partial charge in [-0.15, -0.1) is 11.3 Å². The lowest BCUT2D eigenvalue weighted by Gasteiger charge is -2.33. The Kier molecular flexibility index (Phi) is 4.69. The fourth-order valence-corrected chi connectivity index (χ4v) is 4.06. The number of carbonyl (C=O) groups is 1. The predicted molar refractivity (Wildman–Crippen MR) is 95.2 cm³/mol. The van der Waals surface area contributed by atoms with Gasteiger partial charge in [-0.1, -0.05) is 5.16 Å². The Hall–Kier alpha value is -1.97. The molecule has 1 aliphatic rings. The summed E-state index contributed by atoms with van der Waals surface area (Å²) < 4.78 is 11.5. The van der Waals surface area contributed by atoms with Crippen molar-refractivity contribution < 1.29 is 13.7 Å². The molecule has 0 unspecified atom stereocenters. The molecule has 1 amide bonds. The van der Waals surface area contributed by atoms with Crippen molar-refractivity contribution in [2.45, 2.75) is 6.54 Å². The van der Waals surface area contributed by atoms with Crippen molar-refractivity contribution in [3.8, 4) is 10.7 Å². The zero-order valence-electron chi connectivity index (χ0n) is 13.2. The third kappa shape index (κ3) is 3.68. The molecule has 0 aliphatic carbocycles. The highest BCUT2D eigenvalue weighted by Crippen LogP contribution is 2.27. The number of halogens is 1. The molecule has 0 saturated carbocycles. The summed E-state index contributed by atoms with van der Waals surface area (Å²) in [5.41, 5.74) is 0. The quantitative estimate of drug-likeness (QED) is 0.642. The van der Waals surface area contributed by atoms with E-state index in [1.165, 1.54) is 6.26 Å². The van der Waals surface area contributed by atoms with E-state index in [2.05, 4.69) is 31.0 Å². The summed E-state index contributed by atoms with van der Waals surface area (Å²) in [5, 5.41) is 6.03. The van der Waals surface area contributed by atoms with Gasteiger partial charge in [0, 0.05) is 36.0 Å². The Bertz CT molecular complexity index is 853. The Balaban J connectivity index is 1.33. The Morgan fingerprint density at radius 1 is 1.32 bits per heavy atom. The molecule has 3 aromatic heterocycles. The summed E-state index contributed by atoms with van der Waals surface area (Å²) in [5.74, 6) is 1.52. The normalized spacial score (nSPS) is 15.6. The van der Waals surface area contributed by atoms with E-state index in [9.17, 15) is 4.79 Å². The Morgan fingerprint density at radius 2 is 2.16 bits per heavy atom. The molecule has 0 aromatic carbocycles. The van der Waals surface area contributed by atoms with E-state index in [1.807, 2.05) is 11.4 Å². The summed E-state index contributed by atoms with van der Waals surface area (Å²) >= 11 is 4.99. The maximum Gasteiger partial charge on any atom is 0.289 e. The molecule has 7 nitrogen and oxygen atoms in total. The number of carbonyl (C=O) groups excluding carboxylic acids is 1. The van der Waals surface area contributed by atoms with Gasteiger partial charge in [0.2, 0.25) is 11.7 Å². The van der Waals surface area contributed by atoms with Gasteiger partial charge in [0.05, 0.1) is 17.7 Å². The van der Waals surface area contributed by atoms with Crippen molar-refractivity contribution in [2.24, 2.45) is 0 Å². The smallest absolute Gasteiger partial charge is 0.289 e. The van der Waals surface area contributed by atoms with E-state index in [1.54, 1.807) is 28.4 Å². The number of nitrogens with zero attached hydrogens (tertiary/aromatic N) is 4. The van der Waals surface area contributed by atoms with E-state index < -0.39 is 0 Å². The van der Waals surface area contributed by atoms with Crippen LogP contribution in [-0.4, -0.2) is 52.0 Å². The highest BCUT2D eigenvalue weighted by Gasteiger charge is 2.24. The monoisotopic (exact) mass is 422 g/mol. The molecule has 3 aromatic rings. The van der Waals surface area contributed by atoms with E-state index in [4.69, 9.17) is 8.94 Å². The minimum absolute atomic E-state index is 0.0620. The largest absolute Gasteiger partial charge is 0.459 e. The first-order valence-electron chi connectivity index (χ1n) is 7.81. The van der Waals surface area contributed by atoms with Crippen LogP contribution in [0.5, 0.6) is 0 Å². The van der Waals surface area contributed by atoms with E-state index >= 15 is 0 Å². The van der Waals surface area contributed by atoms with Crippen LogP contribution in [0, 0.1) is 0 Å². The van der Waals surface area contributed by atoms with Crippen LogP contribution in [0.15, 0.2) is 43.3 Å². The molecular weight excluding hydrogens is 408 g/mol. The van der Waals surface area contributed by atoms with Gasteiger partial charge in [0.15, 0.2) is 5.76 Å². The van der Waals surface area contributed by atoms with Crippen molar-refractivity contribution in [3.05, 3.63) is 46.0 Å². The maximum atomic E-state index is 12.3. The number of thiophene rings is 1. The third-order valence-electron chi connectivity index (χ3n) is 4.01. The summed E-state index contributed by atoms with van der Waals surface area (Å²) in [6.45, 7) is 3.41. The molecule has 130 valence electrons. The number of piperazine rings is 1. The molecule has 0 spiro atoms. The molecule has 0 bridgehead atoms. The minimum atomic E-state index is -0.0620. The highest BCUT2D eigenvalue weighted by atomic mass is 79.9. The van der Waals surface area contributed by atoms with Crippen molar-refractivity contribution in [2.75, 3.05) is 26.2 Å². The molecule has 1 saturated heterocycles. The molecule has 25 heavy (non-hydrogen) atoms. The highest BCUT2D eigenvalue weighted by molar-refractivity contribution is 9.10.